The number of hydrogen-bond donors (Lipinski definition) is 3. The van der Waals surface area contributed by atoms with E-state index < -0.39 is 27.0 Å². The van der Waals surface area contributed by atoms with Gasteiger partial charge < -0.3 is 10.8 Å². The van der Waals surface area contributed by atoms with E-state index in [0.29, 0.717) is 6.07 Å². The summed E-state index contributed by atoms with van der Waals surface area (Å²) in [4.78, 5) is 19.5. The van der Waals surface area contributed by atoms with Crippen molar-refractivity contribution in [3.8, 4) is 5.75 Å². The van der Waals surface area contributed by atoms with Crippen LogP contribution in [0.4, 0.5) is 11.4 Å². The van der Waals surface area contributed by atoms with Gasteiger partial charge in [0.15, 0.2) is 5.11 Å². The number of phenolic OH excluding ortho intramolecular Hbond substituents is 1. The van der Waals surface area contributed by atoms with Crippen molar-refractivity contribution in [2.75, 3.05) is 0 Å². The largest absolute Gasteiger partial charge is 0.502 e. The van der Waals surface area contributed by atoms with Crippen molar-refractivity contribution < 1.29 is 15.0 Å². The molecular formula is C8H7N5O5S. The van der Waals surface area contributed by atoms with Gasteiger partial charge in [-0.1, -0.05) is 0 Å². The molecule has 0 fully saturated rings. The van der Waals surface area contributed by atoms with E-state index in [9.17, 15) is 25.3 Å². The number of nitrogens with one attached hydrogen (secondary N) is 1. The highest BCUT2D eigenvalue weighted by Crippen LogP contribution is 2.33. The fourth-order valence-corrected chi connectivity index (χ4v) is 1.19. The molecule has 19 heavy (non-hydrogen) atoms. The zero-order chi connectivity index (χ0) is 14.6. The number of nitro groups is 2. The summed E-state index contributed by atoms with van der Waals surface area (Å²) < 4.78 is 0. The molecule has 0 aliphatic heterocycles. The molecule has 0 amide bonds. The van der Waals surface area contributed by atoms with Gasteiger partial charge in [-0.2, -0.15) is 5.10 Å². The summed E-state index contributed by atoms with van der Waals surface area (Å²) in [6.07, 6.45) is 0.925. The smallest absolute Gasteiger partial charge is 0.318 e. The zero-order valence-electron chi connectivity index (χ0n) is 9.14. The number of hydrogen-bond acceptors (Lipinski definition) is 7. The first-order chi connectivity index (χ1) is 8.82. The number of non-ortho nitro benzene ring substituents is 1. The SMILES string of the molecule is NC(=S)N/N=C\c1cc([N+](=O)[O-])cc([N+](=O)[O-])c1O. The molecule has 0 unspecified atom stereocenters. The predicted molar refractivity (Wildman–Crippen MR) is 68.9 cm³/mol. The monoisotopic (exact) mass is 285 g/mol. The highest BCUT2D eigenvalue weighted by Gasteiger charge is 2.22. The fourth-order valence-electron chi connectivity index (χ4n) is 1.13. The lowest BCUT2D eigenvalue weighted by atomic mass is 10.1. The van der Waals surface area contributed by atoms with Crippen LogP contribution in [-0.2, 0) is 0 Å². The number of nitrogens with two attached hydrogens (primary N) is 1. The number of aromatic hydroxyl groups is 1. The molecule has 0 atom stereocenters. The average Bonchev–Trinajstić information content (AvgIpc) is 2.30. The molecule has 0 bridgehead atoms. The molecule has 1 aromatic rings. The van der Waals surface area contributed by atoms with Crippen LogP contribution in [0.1, 0.15) is 5.56 Å². The number of thiocarbonyl (C=S) groups is 1. The van der Waals surface area contributed by atoms with Gasteiger partial charge in [0.05, 0.1) is 27.7 Å². The first-order valence-corrected chi connectivity index (χ1v) is 4.98. The van der Waals surface area contributed by atoms with E-state index >= 15 is 0 Å². The summed E-state index contributed by atoms with van der Waals surface area (Å²) in [5, 5.41) is 34.1. The summed E-state index contributed by atoms with van der Waals surface area (Å²) in [5.74, 6) is -0.746. The lowest BCUT2D eigenvalue weighted by Gasteiger charge is -2.01. The van der Waals surface area contributed by atoms with E-state index in [2.05, 4.69) is 22.7 Å². The quantitative estimate of drug-likeness (QED) is 0.310. The molecule has 1 aromatic carbocycles. The first-order valence-electron chi connectivity index (χ1n) is 4.57. The number of hydrazone groups is 1. The second-order valence-corrected chi connectivity index (χ2v) is 3.59. The first kappa shape index (κ1) is 14.2. The standard InChI is InChI=1S/C8H7N5O5S/c9-8(19)11-10-3-4-1-5(12(15)16)2-6(7(4)14)13(17)18/h1-3,14H,(H3,9,11,19)/b10-3-. The minimum absolute atomic E-state index is 0.171. The molecule has 0 saturated heterocycles. The molecule has 0 heterocycles. The fraction of sp³-hybridized carbons (Fsp3) is 0. The second kappa shape index (κ2) is 5.68. The van der Waals surface area contributed by atoms with Crippen LogP contribution in [0.5, 0.6) is 5.75 Å². The Morgan fingerprint density at radius 2 is 2.05 bits per heavy atom. The molecule has 100 valence electrons. The Hall–Kier alpha value is -2.82. The molecule has 0 saturated carbocycles. The topological polar surface area (TPSA) is 157 Å². The Kier molecular flexibility index (Phi) is 4.26. The van der Waals surface area contributed by atoms with Crippen molar-refractivity contribution in [2.45, 2.75) is 0 Å². The van der Waals surface area contributed by atoms with E-state index in [1.165, 1.54) is 0 Å². The van der Waals surface area contributed by atoms with Gasteiger partial charge in [0.1, 0.15) is 0 Å². The Morgan fingerprint density at radius 1 is 1.42 bits per heavy atom. The second-order valence-electron chi connectivity index (χ2n) is 3.15. The number of benzene rings is 1. The minimum Gasteiger partial charge on any atom is -0.502 e. The number of nitrogens with zero attached hydrogens (tertiary/aromatic N) is 3. The minimum atomic E-state index is -0.944. The van der Waals surface area contributed by atoms with E-state index in [1.54, 1.807) is 0 Å². The Bertz CT molecular complexity index is 587. The van der Waals surface area contributed by atoms with Crippen LogP contribution < -0.4 is 11.2 Å². The van der Waals surface area contributed by atoms with E-state index in [0.717, 1.165) is 12.3 Å². The van der Waals surface area contributed by atoms with Crippen LogP contribution in [0.25, 0.3) is 0 Å². The summed E-state index contributed by atoms with van der Waals surface area (Å²) in [7, 11) is 0. The van der Waals surface area contributed by atoms with Crippen LogP contribution >= 0.6 is 12.2 Å². The number of phenols is 1. The van der Waals surface area contributed by atoms with Crippen molar-refractivity contribution in [3.63, 3.8) is 0 Å². The van der Waals surface area contributed by atoms with Crippen LogP contribution in [0, 0.1) is 20.2 Å². The predicted octanol–water partition coefficient (Wildman–Crippen LogP) is 0.376. The average molecular weight is 285 g/mol. The van der Waals surface area contributed by atoms with Gasteiger partial charge in [0, 0.05) is 6.07 Å². The van der Waals surface area contributed by atoms with Crippen LogP contribution in [0.3, 0.4) is 0 Å². The Morgan fingerprint density at radius 3 is 2.53 bits per heavy atom. The van der Waals surface area contributed by atoms with Crippen molar-refractivity contribution in [3.05, 3.63) is 37.9 Å². The zero-order valence-corrected chi connectivity index (χ0v) is 9.96. The molecule has 4 N–H and O–H groups in total. The van der Waals surface area contributed by atoms with E-state index in [-0.39, 0.29) is 10.7 Å². The summed E-state index contributed by atoms with van der Waals surface area (Å²) >= 11 is 4.45. The lowest BCUT2D eigenvalue weighted by Crippen LogP contribution is -2.24. The van der Waals surface area contributed by atoms with Crippen LogP contribution in [-0.4, -0.2) is 26.3 Å². The van der Waals surface area contributed by atoms with Crippen LogP contribution in [0.2, 0.25) is 0 Å². The summed E-state index contributed by atoms with van der Waals surface area (Å²) in [6, 6.07) is 1.57. The van der Waals surface area contributed by atoms with Crippen molar-refractivity contribution in [1.29, 1.82) is 0 Å². The molecule has 0 aliphatic carbocycles. The summed E-state index contributed by atoms with van der Waals surface area (Å²) in [6.45, 7) is 0. The highest BCUT2D eigenvalue weighted by atomic mass is 32.1. The van der Waals surface area contributed by atoms with Gasteiger partial charge in [0.25, 0.3) is 5.69 Å². The molecule has 0 spiro atoms. The molecule has 10 nitrogen and oxygen atoms in total. The Balaban J connectivity index is 3.29. The highest BCUT2D eigenvalue weighted by molar-refractivity contribution is 7.80. The third-order valence-corrected chi connectivity index (χ3v) is 1.98. The summed E-state index contributed by atoms with van der Waals surface area (Å²) in [5.41, 5.74) is 5.65. The third-order valence-electron chi connectivity index (χ3n) is 1.89. The van der Waals surface area contributed by atoms with Gasteiger partial charge in [-0.05, 0) is 12.2 Å². The molecular weight excluding hydrogens is 278 g/mol. The van der Waals surface area contributed by atoms with Crippen molar-refractivity contribution in [2.24, 2.45) is 10.8 Å². The maximum Gasteiger partial charge on any atom is 0.318 e. The van der Waals surface area contributed by atoms with E-state index in [4.69, 9.17) is 5.73 Å². The molecule has 0 aliphatic rings. The third kappa shape index (κ3) is 3.57. The van der Waals surface area contributed by atoms with Gasteiger partial charge in [-0.3, -0.25) is 25.7 Å². The van der Waals surface area contributed by atoms with Crippen molar-refractivity contribution in [1.82, 2.24) is 5.43 Å². The molecule has 1 rings (SSSR count). The maximum atomic E-state index is 10.7. The Labute approximate surface area is 110 Å². The van der Waals surface area contributed by atoms with Gasteiger partial charge in [0.2, 0.25) is 5.75 Å². The molecule has 0 radical (unpaired) electrons. The molecule has 0 aromatic heterocycles. The van der Waals surface area contributed by atoms with E-state index in [1.807, 2.05) is 0 Å². The number of rotatable bonds is 4. The van der Waals surface area contributed by atoms with Gasteiger partial charge >= 0.3 is 5.69 Å². The number of nitro benzene ring substituents is 2. The maximum absolute atomic E-state index is 10.7. The van der Waals surface area contributed by atoms with Crippen LogP contribution in [0.15, 0.2) is 17.2 Å². The molecule has 11 heteroatoms. The normalized spacial score (nSPS) is 10.3. The van der Waals surface area contributed by atoms with Crippen molar-refractivity contribution >= 4 is 34.9 Å². The lowest BCUT2D eigenvalue weighted by molar-refractivity contribution is -0.394. The van der Waals surface area contributed by atoms with Gasteiger partial charge in [-0.15, -0.1) is 0 Å². The van der Waals surface area contributed by atoms with Gasteiger partial charge in [-0.25, -0.2) is 0 Å².